The molecule has 1 aliphatic rings. The summed E-state index contributed by atoms with van der Waals surface area (Å²) in [4.78, 5) is 6.68. The maximum atomic E-state index is 13.0. The molecule has 0 aliphatic heterocycles. The molecule has 21 heavy (non-hydrogen) atoms. The number of halogens is 1. The van der Waals surface area contributed by atoms with Crippen molar-refractivity contribution < 1.29 is 4.39 Å². The maximum absolute atomic E-state index is 13.0. The third kappa shape index (κ3) is 4.75. The van der Waals surface area contributed by atoms with Crippen molar-refractivity contribution >= 4 is 0 Å². The lowest BCUT2D eigenvalue weighted by Crippen LogP contribution is -2.36. The molecule has 0 amide bonds. The predicted octanol–water partition coefficient (Wildman–Crippen LogP) is 3.38. The highest BCUT2D eigenvalue weighted by molar-refractivity contribution is 5.09. The molecule has 3 nitrogen and oxygen atoms in total. The van der Waals surface area contributed by atoms with E-state index >= 15 is 0 Å². The molecular formula is C17H28FN3. The highest BCUT2D eigenvalue weighted by Crippen LogP contribution is 2.27. The molecule has 0 aromatic carbocycles. The van der Waals surface area contributed by atoms with Crippen LogP contribution in [-0.4, -0.2) is 36.6 Å². The van der Waals surface area contributed by atoms with E-state index < -0.39 is 0 Å². The Kier molecular flexibility index (Phi) is 6.12. The molecule has 1 fully saturated rings. The van der Waals surface area contributed by atoms with E-state index in [0.717, 1.165) is 30.6 Å². The van der Waals surface area contributed by atoms with Crippen molar-refractivity contribution in [3.05, 3.63) is 29.8 Å². The number of hydrogen-bond donors (Lipinski definition) is 1. The first-order valence-electron chi connectivity index (χ1n) is 8.09. The average molecular weight is 293 g/mol. The summed E-state index contributed by atoms with van der Waals surface area (Å²) in [6, 6.07) is 4.17. The Morgan fingerprint density at radius 2 is 2.05 bits per heavy atom. The summed E-state index contributed by atoms with van der Waals surface area (Å²) < 4.78 is 13.0. The smallest absolute Gasteiger partial charge is 0.141 e. The molecule has 1 aromatic rings. The number of pyridine rings is 1. The minimum absolute atomic E-state index is 0.190. The minimum Gasteiger partial charge on any atom is -0.312 e. The van der Waals surface area contributed by atoms with Crippen LogP contribution in [0.2, 0.25) is 0 Å². The van der Waals surface area contributed by atoms with Gasteiger partial charge in [-0.1, -0.05) is 6.92 Å². The summed E-state index contributed by atoms with van der Waals surface area (Å²) in [5.74, 6) is 0.616. The van der Waals surface area contributed by atoms with Crippen molar-refractivity contribution in [3.63, 3.8) is 0 Å². The van der Waals surface area contributed by atoms with Crippen LogP contribution in [0.25, 0.3) is 0 Å². The van der Waals surface area contributed by atoms with Crippen molar-refractivity contribution in [2.24, 2.45) is 5.92 Å². The molecule has 118 valence electrons. The van der Waals surface area contributed by atoms with E-state index in [4.69, 9.17) is 0 Å². The molecule has 0 radical (unpaired) electrons. The van der Waals surface area contributed by atoms with Crippen LogP contribution in [0, 0.1) is 11.7 Å². The molecular weight excluding hydrogens is 265 g/mol. The van der Waals surface area contributed by atoms with E-state index in [1.54, 1.807) is 6.07 Å². The molecule has 0 spiro atoms. The molecule has 2 rings (SSSR count). The van der Waals surface area contributed by atoms with Crippen LogP contribution in [0.1, 0.15) is 50.8 Å². The van der Waals surface area contributed by atoms with Gasteiger partial charge >= 0.3 is 0 Å². The van der Waals surface area contributed by atoms with Crippen LogP contribution in [0.4, 0.5) is 4.39 Å². The second-order valence-electron chi connectivity index (χ2n) is 6.43. The Labute approximate surface area is 127 Å². The quantitative estimate of drug-likeness (QED) is 0.871. The molecule has 1 unspecified atom stereocenters. The first kappa shape index (κ1) is 16.4. The Balaban J connectivity index is 1.83. The Bertz CT molecular complexity index is 413. The highest BCUT2D eigenvalue weighted by Gasteiger charge is 2.22. The fraction of sp³-hybridized carbons (Fsp3) is 0.706. The van der Waals surface area contributed by atoms with Crippen LogP contribution in [0.15, 0.2) is 18.3 Å². The summed E-state index contributed by atoms with van der Waals surface area (Å²) in [6.07, 6.45) is 7.63. The molecule has 1 heterocycles. The summed E-state index contributed by atoms with van der Waals surface area (Å²) in [7, 11) is 4.17. The maximum Gasteiger partial charge on any atom is 0.141 e. The summed E-state index contributed by atoms with van der Waals surface area (Å²) in [5, 5.41) is 3.29. The van der Waals surface area contributed by atoms with Crippen LogP contribution in [0.3, 0.4) is 0 Å². The number of hydrogen-bond acceptors (Lipinski definition) is 3. The lowest BCUT2D eigenvalue weighted by molar-refractivity contribution is 0.164. The van der Waals surface area contributed by atoms with E-state index in [9.17, 15) is 4.39 Å². The molecule has 1 saturated carbocycles. The normalized spacial score (nSPS) is 24.2. The Morgan fingerprint density at radius 1 is 1.33 bits per heavy atom. The number of aromatic nitrogens is 1. The van der Waals surface area contributed by atoms with Gasteiger partial charge < -0.3 is 10.2 Å². The topological polar surface area (TPSA) is 28.2 Å². The lowest BCUT2D eigenvalue weighted by atomic mass is 9.86. The van der Waals surface area contributed by atoms with Gasteiger partial charge in [-0.15, -0.1) is 0 Å². The fourth-order valence-electron chi connectivity index (χ4n) is 3.23. The third-order valence-electron chi connectivity index (χ3n) is 4.83. The van der Waals surface area contributed by atoms with E-state index in [0.29, 0.717) is 0 Å². The van der Waals surface area contributed by atoms with Gasteiger partial charge in [-0.3, -0.25) is 4.98 Å². The molecule has 1 N–H and O–H groups in total. The van der Waals surface area contributed by atoms with Gasteiger partial charge in [0.25, 0.3) is 0 Å². The van der Waals surface area contributed by atoms with E-state index in [2.05, 4.69) is 29.2 Å². The molecule has 0 bridgehead atoms. The predicted molar refractivity (Wildman–Crippen MR) is 84.7 cm³/mol. The SMILES string of the molecule is CNC(CCN(C)C1CCC(C)CC1)c1ccc(F)cn1. The number of nitrogens with zero attached hydrogens (tertiary/aromatic N) is 2. The first-order chi connectivity index (χ1) is 10.1. The summed E-state index contributed by atoms with van der Waals surface area (Å²) in [5.41, 5.74) is 0.921. The van der Waals surface area contributed by atoms with Crippen LogP contribution in [0.5, 0.6) is 0 Å². The zero-order valence-corrected chi connectivity index (χ0v) is 13.5. The largest absolute Gasteiger partial charge is 0.312 e. The standard InChI is InChI=1S/C17H28FN3/c1-13-4-7-15(8-5-13)21(3)11-10-16(19-2)17-9-6-14(18)12-20-17/h6,9,12-13,15-16,19H,4-5,7-8,10-11H2,1-3H3. The van der Waals surface area contributed by atoms with E-state index in [1.165, 1.54) is 37.9 Å². The van der Waals surface area contributed by atoms with Gasteiger partial charge in [-0.25, -0.2) is 4.39 Å². The molecule has 1 aromatic heterocycles. The summed E-state index contributed by atoms with van der Waals surface area (Å²) >= 11 is 0. The van der Waals surface area contributed by atoms with Crippen LogP contribution < -0.4 is 5.32 Å². The number of nitrogens with one attached hydrogen (secondary N) is 1. The minimum atomic E-state index is -0.276. The zero-order chi connectivity index (χ0) is 15.2. The zero-order valence-electron chi connectivity index (χ0n) is 13.5. The van der Waals surface area contributed by atoms with Crippen LogP contribution in [-0.2, 0) is 0 Å². The number of rotatable bonds is 6. The van der Waals surface area contributed by atoms with Crippen molar-refractivity contribution in [2.45, 2.75) is 51.1 Å². The second kappa shape index (κ2) is 7.85. The Hall–Kier alpha value is -1.00. The second-order valence-corrected chi connectivity index (χ2v) is 6.43. The molecule has 1 atom stereocenters. The first-order valence-corrected chi connectivity index (χ1v) is 8.09. The monoisotopic (exact) mass is 293 g/mol. The van der Waals surface area contributed by atoms with Crippen molar-refractivity contribution in [1.82, 2.24) is 15.2 Å². The van der Waals surface area contributed by atoms with Gasteiger partial charge in [0.2, 0.25) is 0 Å². The van der Waals surface area contributed by atoms with Gasteiger partial charge in [0.15, 0.2) is 0 Å². The van der Waals surface area contributed by atoms with Gasteiger partial charge in [-0.05, 0) is 70.8 Å². The highest BCUT2D eigenvalue weighted by atomic mass is 19.1. The van der Waals surface area contributed by atoms with Crippen molar-refractivity contribution in [2.75, 3.05) is 20.6 Å². The van der Waals surface area contributed by atoms with Crippen LogP contribution >= 0.6 is 0 Å². The average Bonchev–Trinajstić information content (AvgIpc) is 2.50. The molecule has 1 aliphatic carbocycles. The van der Waals surface area contributed by atoms with Gasteiger partial charge in [-0.2, -0.15) is 0 Å². The van der Waals surface area contributed by atoms with E-state index in [1.807, 2.05) is 7.05 Å². The van der Waals surface area contributed by atoms with Gasteiger partial charge in [0.1, 0.15) is 5.82 Å². The van der Waals surface area contributed by atoms with Crippen molar-refractivity contribution in [1.29, 1.82) is 0 Å². The van der Waals surface area contributed by atoms with E-state index in [-0.39, 0.29) is 11.9 Å². The lowest BCUT2D eigenvalue weighted by Gasteiger charge is -2.34. The Morgan fingerprint density at radius 3 is 2.62 bits per heavy atom. The van der Waals surface area contributed by atoms with Gasteiger partial charge in [0, 0.05) is 6.04 Å². The fourth-order valence-corrected chi connectivity index (χ4v) is 3.23. The summed E-state index contributed by atoms with van der Waals surface area (Å²) in [6.45, 7) is 3.40. The molecule has 0 saturated heterocycles. The van der Waals surface area contributed by atoms with Gasteiger partial charge in [0.05, 0.1) is 17.9 Å². The van der Waals surface area contributed by atoms with Crippen molar-refractivity contribution in [3.8, 4) is 0 Å². The molecule has 4 heteroatoms. The third-order valence-corrected chi connectivity index (χ3v) is 4.83.